The predicted octanol–water partition coefficient (Wildman–Crippen LogP) is -8.87. The molecular weight excluding hydrogens is 393 g/mol. The Morgan fingerprint density at radius 1 is 1.17 bits per heavy atom. The van der Waals surface area contributed by atoms with Crippen LogP contribution in [-0.4, -0.2) is 14.5 Å². The summed E-state index contributed by atoms with van der Waals surface area (Å²) in [6.45, 7) is 0. The van der Waals surface area contributed by atoms with Crippen molar-refractivity contribution in [3.8, 4) is 0 Å². The van der Waals surface area contributed by atoms with Gasteiger partial charge in [-0.3, -0.25) is 0 Å². The molecule has 0 saturated carbocycles. The SMILES string of the molecule is O=[Se]([O-])[O-].[Cs+].[Cs+]. The summed E-state index contributed by atoms with van der Waals surface area (Å²) in [5.41, 5.74) is 0. The summed E-state index contributed by atoms with van der Waals surface area (Å²) in [6.07, 6.45) is 0. The van der Waals surface area contributed by atoms with E-state index in [9.17, 15) is 0 Å². The van der Waals surface area contributed by atoms with E-state index >= 15 is 0 Å². The normalized spacial score (nSPS) is 5.83. The molecule has 0 unspecified atom stereocenters. The van der Waals surface area contributed by atoms with Crippen LogP contribution in [-0.2, 0) is 3.83 Å². The third-order valence-electron chi connectivity index (χ3n) is 0. The Bertz CT molecular complexity index is 31.8. The van der Waals surface area contributed by atoms with Crippen LogP contribution >= 0.6 is 0 Å². The molecule has 0 heterocycles. The molecule has 0 aromatic carbocycles. The molecule has 0 amide bonds. The van der Waals surface area contributed by atoms with E-state index in [0.29, 0.717) is 0 Å². The molecule has 0 bridgehead atoms. The van der Waals surface area contributed by atoms with E-state index in [4.69, 9.17) is 12.2 Å². The molecule has 0 aliphatic heterocycles. The van der Waals surface area contributed by atoms with E-state index in [2.05, 4.69) is 0 Å². The third kappa shape index (κ3) is 23.8. The van der Waals surface area contributed by atoms with Gasteiger partial charge in [-0.05, 0) is 0 Å². The van der Waals surface area contributed by atoms with E-state index in [1.165, 1.54) is 0 Å². The minimum absolute atomic E-state index is 0. The Hall–Kier alpha value is 4.34. The molecule has 0 saturated heterocycles. The molecule has 0 rings (SSSR count). The van der Waals surface area contributed by atoms with Crippen molar-refractivity contribution in [2.75, 3.05) is 0 Å². The Morgan fingerprint density at radius 3 is 1.17 bits per heavy atom. The molecular formula is Cs2O3Se. The summed E-state index contributed by atoms with van der Waals surface area (Å²) >= 11 is -3.79. The first-order valence-corrected chi connectivity index (χ1v) is 2.60. The summed E-state index contributed by atoms with van der Waals surface area (Å²) in [5.74, 6) is 0. The Labute approximate surface area is 158 Å². The minimum Gasteiger partial charge on any atom is 1.00 e. The van der Waals surface area contributed by atoms with Crippen molar-refractivity contribution in [1.29, 1.82) is 0 Å². The van der Waals surface area contributed by atoms with Gasteiger partial charge in [-0.15, -0.1) is 0 Å². The average Bonchev–Trinajstić information content (AvgIpc) is 0.811. The largest absolute Gasteiger partial charge is 1.00 e. The van der Waals surface area contributed by atoms with E-state index in [1.807, 2.05) is 0 Å². The van der Waals surface area contributed by atoms with Crippen molar-refractivity contribution in [2.24, 2.45) is 0 Å². The van der Waals surface area contributed by atoms with Gasteiger partial charge in [0.2, 0.25) is 0 Å². The zero-order valence-corrected chi connectivity index (χ0v) is 17.9. The fourth-order valence-electron chi connectivity index (χ4n) is 0. The molecule has 0 atom stereocenters. The summed E-state index contributed by atoms with van der Waals surface area (Å²) in [6, 6.07) is 0. The van der Waals surface area contributed by atoms with Gasteiger partial charge in [-0.2, -0.15) is 0 Å². The first-order valence-electron chi connectivity index (χ1n) is 0.500. The predicted molar refractivity (Wildman–Crippen MR) is 6.44 cm³/mol. The van der Waals surface area contributed by atoms with Gasteiger partial charge in [0.1, 0.15) is 0 Å². The van der Waals surface area contributed by atoms with Crippen molar-refractivity contribution in [3.63, 3.8) is 0 Å². The monoisotopic (exact) mass is 394 g/mol. The van der Waals surface area contributed by atoms with Gasteiger partial charge in [0.05, 0.1) is 0 Å². The van der Waals surface area contributed by atoms with Gasteiger partial charge >= 0.3 is 164 Å². The molecule has 0 aromatic rings. The van der Waals surface area contributed by atoms with Crippen LogP contribution in [0.4, 0.5) is 0 Å². The Kier molecular flexibility index (Phi) is 33.7. The fraction of sp³-hybridized carbons (Fsp3) is 0. The standard InChI is InChI=1S/2Cs.H2O3Se/c;;1-4(2)3/h;;(H2,1,2,3)/q2*+1;/p-2. The smallest absolute Gasteiger partial charge is 1.00 e. The number of rotatable bonds is 0. The van der Waals surface area contributed by atoms with Crippen LogP contribution in [0, 0.1) is 0 Å². The number of hydrogen-bond acceptors (Lipinski definition) is 3. The Morgan fingerprint density at radius 2 is 1.17 bits per heavy atom. The van der Waals surface area contributed by atoms with Gasteiger partial charge in [0.15, 0.2) is 0 Å². The maximum Gasteiger partial charge on any atom is 1.00 e. The molecule has 0 radical (unpaired) electrons. The van der Waals surface area contributed by atoms with Crippen molar-refractivity contribution in [3.05, 3.63) is 0 Å². The molecule has 0 aliphatic carbocycles. The van der Waals surface area contributed by atoms with Gasteiger partial charge in [-0.1, -0.05) is 0 Å². The van der Waals surface area contributed by atoms with Gasteiger partial charge < -0.3 is 0 Å². The van der Waals surface area contributed by atoms with Gasteiger partial charge in [-0.25, -0.2) is 0 Å². The molecule has 3 nitrogen and oxygen atoms in total. The van der Waals surface area contributed by atoms with Crippen LogP contribution in [0.5, 0.6) is 0 Å². The molecule has 6 heavy (non-hydrogen) atoms. The van der Waals surface area contributed by atoms with E-state index in [-0.39, 0.29) is 138 Å². The molecule has 0 N–H and O–H groups in total. The van der Waals surface area contributed by atoms with Crippen LogP contribution in [0.3, 0.4) is 0 Å². The van der Waals surface area contributed by atoms with Crippen molar-refractivity contribution in [2.45, 2.75) is 0 Å². The van der Waals surface area contributed by atoms with Crippen LogP contribution in [0.2, 0.25) is 0 Å². The zero-order valence-electron chi connectivity index (χ0n) is 3.63. The minimum atomic E-state index is -3.79. The van der Waals surface area contributed by atoms with Gasteiger partial charge in [0.25, 0.3) is 0 Å². The molecule has 0 aromatic heterocycles. The Balaban J connectivity index is -0.0000000450. The molecule has 0 spiro atoms. The summed E-state index contributed by atoms with van der Waals surface area (Å²) in [4.78, 5) is 0. The second kappa shape index (κ2) is 12.1. The van der Waals surface area contributed by atoms with Crippen LogP contribution in [0.15, 0.2) is 0 Å². The maximum atomic E-state index is 8.54. The van der Waals surface area contributed by atoms with Crippen LogP contribution < -0.4 is 146 Å². The molecule has 26 valence electrons. The van der Waals surface area contributed by atoms with Crippen LogP contribution in [0.1, 0.15) is 0 Å². The first-order chi connectivity index (χ1) is 1.73. The zero-order chi connectivity index (χ0) is 3.58. The quantitative estimate of drug-likeness (QED) is 0.385. The molecule has 0 aliphatic rings. The van der Waals surface area contributed by atoms with Crippen LogP contribution in [0.25, 0.3) is 0 Å². The fourth-order valence-corrected chi connectivity index (χ4v) is 0. The second-order valence-corrected chi connectivity index (χ2v) is 1.06. The summed E-state index contributed by atoms with van der Waals surface area (Å²) in [7, 11) is 0. The van der Waals surface area contributed by atoms with Crippen molar-refractivity contribution >= 4 is 14.5 Å². The first kappa shape index (κ1) is 16.7. The summed E-state index contributed by atoms with van der Waals surface area (Å²) < 4.78 is 25.6. The van der Waals surface area contributed by atoms with Gasteiger partial charge in [0, 0.05) is 0 Å². The van der Waals surface area contributed by atoms with E-state index in [1.54, 1.807) is 0 Å². The molecule has 0 fully saturated rings. The van der Waals surface area contributed by atoms with E-state index < -0.39 is 14.5 Å². The topological polar surface area (TPSA) is 63.2 Å². The average molecular weight is 393 g/mol. The van der Waals surface area contributed by atoms with Crippen molar-refractivity contribution < 1.29 is 150 Å². The second-order valence-electron chi connectivity index (χ2n) is 0.204. The number of hydrogen-bond donors (Lipinski definition) is 0. The van der Waals surface area contributed by atoms with E-state index in [0.717, 1.165) is 0 Å². The van der Waals surface area contributed by atoms with Crippen molar-refractivity contribution in [1.82, 2.24) is 0 Å². The maximum absolute atomic E-state index is 8.54. The third-order valence-corrected chi connectivity index (χ3v) is 0. The molecule has 6 heteroatoms. The summed E-state index contributed by atoms with van der Waals surface area (Å²) in [5, 5.41) is 0.